The summed E-state index contributed by atoms with van der Waals surface area (Å²) in [5, 5.41) is 9.67. The van der Waals surface area contributed by atoms with E-state index in [0.717, 1.165) is 43.8 Å². The predicted octanol–water partition coefficient (Wildman–Crippen LogP) is 4.59. The van der Waals surface area contributed by atoms with Gasteiger partial charge in [0.25, 0.3) is 0 Å². The molecular formula is C26H30N4O3. The fraction of sp³-hybridized carbons (Fsp3) is 0.346. The number of carboxylic acids is 1. The van der Waals surface area contributed by atoms with Crippen molar-refractivity contribution in [3.63, 3.8) is 0 Å². The molecule has 1 saturated heterocycles. The van der Waals surface area contributed by atoms with Crippen LogP contribution in [0.5, 0.6) is 5.75 Å². The Morgan fingerprint density at radius 2 is 1.94 bits per heavy atom. The van der Waals surface area contributed by atoms with Gasteiger partial charge in [-0.25, -0.2) is 14.8 Å². The molecule has 0 unspecified atom stereocenters. The second-order valence-electron chi connectivity index (χ2n) is 8.32. The summed E-state index contributed by atoms with van der Waals surface area (Å²) in [6.45, 7) is 1.65. The van der Waals surface area contributed by atoms with Gasteiger partial charge in [-0.1, -0.05) is 30.3 Å². The molecule has 1 N–H and O–H groups in total. The van der Waals surface area contributed by atoms with Crippen molar-refractivity contribution in [2.45, 2.75) is 31.7 Å². The molecule has 0 bridgehead atoms. The van der Waals surface area contributed by atoms with Crippen molar-refractivity contribution >= 4 is 17.6 Å². The van der Waals surface area contributed by atoms with E-state index in [9.17, 15) is 9.90 Å². The van der Waals surface area contributed by atoms with Crippen LogP contribution in [0, 0.1) is 0 Å². The summed E-state index contributed by atoms with van der Waals surface area (Å²) in [6, 6.07) is 18.4. The zero-order valence-corrected chi connectivity index (χ0v) is 19.1. The molecule has 172 valence electrons. The molecule has 4 rings (SSSR count). The molecule has 2 aromatic carbocycles. The first-order valence-corrected chi connectivity index (χ1v) is 11.3. The SMILES string of the molecule is COc1ccc([C@H]2CCCN2c2ncc(C(=O)O)c(CCCN(C)c3ccccc3)n2)cc1. The number of benzene rings is 2. The average Bonchev–Trinajstić information content (AvgIpc) is 3.34. The Morgan fingerprint density at radius 3 is 2.64 bits per heavy atom. The number of aromatic nitrogens is 2. The van der Waals surface area contributed by atoms with E-state index in [1.165, 1.54) is 11.8 Å². The maximum absolute atomic E-state index is 11.8. The van der Waals surface area contributed by atoms with E-state index < -0.39 is 5.97 Å². The molecule has 0 amide bonds. The van der Waals surface area contributed by atoms with Crippen molar-refractivity contribution in [3.05, 3.63) is 77.6 Å². The number of anilines is 2. The lowest BCUT2D eigenvalue weighted by Gasteiger charge is -2.26. The van der Waals surface area contributed by atoms with Gasteiger partial charge < -0.3 is 19.6 Å². The van der Waals surface area contributed by atoms with Crippen molar-refractivity contribution in [2.24, 2.45) is 0 Å². The van der Waals surface area contributed by atoms with Crippen LogP contribution in [-0.4, -0.2) is 48.3 Å². The van der Waals surface area contributed by atoms with Crippen LogP contribution in [0.2, 0.25) is 0 Å². The van der Waals surface area contributed by atoms with Gasteiger partial charge >= 0.3 is 5.97 Å². The number of aromatic carboxylic acids is 1. The van der Waals surface area contributed by atoms with Gasteiger partial charge in [-0.05, 0) is 55.5 Å². The van der Waals surface area contributed by atoms with E-state index in [1.54, 1.807) is 7.11 Å². The van der Waals surface area contributed by atoms with Crippen molar-refractivity contribution < 1.29 is 14.6 Å². The number of hydrogen-bond donors (Lipinski definition) is 1. The molecule has 7 nitrogen and oxygen atoms in total. The molecule has 33 heavy (non-hydrogen) atoms. The Labute approximate surface area is 194 Å². The summed E-state index contributed by atoms with van der Waals surface area (Å²) < 4.78 is 5.28. The molecule has 7 heteroatoms. The number of rotatable bonds is 9. The highest BCUT2D eigenvalue weighted by Crippen LogP contribution is 2.35. The van der Waals surface area contributed by atoms with E-state index in [2.05, 4.69) is 39.0 Å². The summed E-state index contributed by atoms with van der Waals surface area (Å²) in [5.74, 6) is 0.443. The normalized spacial score (nSPS) is 15.5. The lowest BCUT2D eigenvalue weighted by atomic mass is 10.0. The quantitative estimate of drug-likeness (QED) is 0.515. The fourth-order valence-corrected chi connectivity index (χ4v) is 4.39. The largest absolute Gasteiger partial charge is 0.497 e. The lowest BCUT2D eigenvalue weighted by molar-refractivity contribution is 0.0694. The van der Waals surface area contributed by atoms with Crippen LogP contribution in [0.25, 0.3) is 0 Å². The third kappa shape index (κ3) is 5.25. The zero-order chi connectivity index (χ0) is 23.2. The first kappa shape index (κ1) is 22.6. The van der Waals surface area contributed by atoms with E-state index in [0.29, 0.717) is 18.1 Å². The van der Waals surface area contributed by atoms with Crippen LogP contribution in [0.1, 0.15) is 46.9 Å². The number of nitrogens with zero attached hydrogens (tertiary/aromatic N) is 4. The van der Waals surface area contributed by atoms with Gasteiger partial charge in [0.15, 0.2) is 0 Å². The molecule has 1 aromatic heterocycles. The molecule has 1 fully saturated rings. The summed E-state index contributed by atoms with van der Waals surface area (Å²) in [6.07, 6.45) is 4.88. The third-order valence-corrected chi connectivity index (χ3v) is 6.20. The molecule has 2 heterocycles. The first-order chi connectivity index (χ1) is 16.1. The molecule has 0 aliphatic carbocycles. The molecule has 3 aromatic rings. The molecule has 1 aliphatic heterocycles. The molecular weight excluding hydrogens is 416 g/mol. The van der Waals surface area contributed by atoms with Gasteiger partial charge in [-0.3, -0.25) is 0 Å². The number of para-hydroxylation sites is 1. The van der Waals surface area contributed by atoms with Crippen molar-refractivity contribution in [1.82, 2.24) is 9.97 Å². The molecule has 1 aliphatic rings. The van der Waals surface area contributed by atoms with Gasteiger partial charge in [0.1, 0.15) is 5.75 Å². The Bertz CT molecular complexity index is 1070. The molecule has 0 spiro atoms. The molecule has 1 atom stereocenters. The van der Waals surface area contributed by atoms with E-state index in [4.69, 9.17) is 9.72 Å². The minimum Gasteiger partial charge on any atom is -0.497 e. The Kier molecular flexibility index (Phi) is 7.07. The van der Waals surface area contributed by atoms with Crippen molar-refractivity contribution in [1.29, 1.82) is 0 Å². The number of hydrogen-bond acceptors (Lipinski definition) is 6. The van der Waals surface area contributed by atoms with Crippen LogP contribution < -0.4 is 14.5 Å². The minimum atomic E-state index is -0.985. The third-order valence-electron chi connectivity index (χ3n) is 6.20. The van der Waals surface area contributed by atoms with Crippen LogP contribution in [0.3, 0.4) is 0 Å². The number of ether oxygens (including phenoxy) is 1. The summed E-state index contributed by atoms with van der Waals surface area (Å²) in [5.41, 5.74) is 3.10. The summed E-state index contributed by atoms with van der Waals surface area (Å²) in [4.78, 5) is 25.3. The smallest absolute Gasteiger partial charge is 0.339 e. The van der Waals surface area contributed by atoms with Gasteiger partial charge in [0.05, 0.1) is 24.4 Å². The average molecular weight is 447 g/mol. The number of aryl methyl sites for hydroxylation is 1. The molecule has 0 saturated carbocycles. The first-order valence-electron chi connectivity index (χ1n) is 11.3. The van der Waals surface area contributed by atoms with Crippen LogP contribution >= 0.6 is 0 Å². The Hall–Kier alpha value is -3.61. The second kappa shape index (κ2) is 10.3. The standard InChI is InChI=1S/C26H30N4O3/c1-29(20-8-4-3-5-9-20)16-6-10-23-22(25(31)32)18-27-26(28-23)30-17-7-11-24(30)19-12-14-21(33-2)15-13-19/h3-5,8-9,12-15,18,24H,6-7,10-11,16-17H2,1-2H3,(H,31,32)/t24-/m1/s1. The Morgan fingerprint density at radius 1 is 1.18 bits per heavy atom. The van der Waals surface area contributed by atoms with Gasteiger partial charge in [0, 0.05) is 32.0 Å². The minimum absolute atomic E-state index is 0.170. The van der Waals surface area contributed by atoms with Crippen LogP contribution in [0.4, 0.5) is 11.6 Å². The monoisotopic (exact) mass is 446 g/mol. The number of methoxy groups -OCH3 is 1. The van der Waals surface area contributed by atoms with Crippen LogP contribution in [0.15, 0.2) is 60.8 Å². The van der Waals surface area contributed by atoms with E-state index in [-0.39, 0.29) is 11.6 Å². The highest BCUT2D eigenvalue weighted by atomic mass is 16.5. The van der Waals surface area contributed by atoms with Crippen molar-refractivity contribution in [2.75, 3.05) is 37.0 Å². The lowest BCUT2D eigenvalue weighted by Crippen LogP contribution is -2.26. The highest BCUT2D eigenvalue weighted by Gasteiger charge is 2.29. The van der Waals surface area contributed by atoms with E-state index in [1.807, 2.05) is 37.4 Å². The molecule has 0 radical (unpaired) electrons. The summed E-state index contributed by atoms with van der Waals surface area (Å²) in [7, 11) is 3.70. The van der Waals surface area contributed by atoms with E-state index >= 15 is 0 Å². The maximum Gasteiger partial charge on any atom is 0.339 e. The topological polar surface area (TPSA) is 78.8 Å². The zero-order valence-electron chi connectivity index (χ0n) is 19.1. The van der Waals surface area contributed by atoms with Crippen LogP contribution in [-0.2, 0) is 6.42 Å². The van der Waals surface area contributed by atoms with Crippen molar-refractivity contribution in [3.8, 4) is 5.75 Å². The van der Waals surface area contributed by atoms with Gasteiger partial charge in [0.2, 0.25) is 5.95 Å². The van der Waals surface area contributed by atoms with Gasteiger partial charge in [-0.2, -0.15) is 0 Å². The second-order valence-corrected chi connectivity index (χ2v) is 8.32. The Balaban J connectivity index is 1.50. The maximum atomic E-state index is 11.8. The number of carboxylic acid groups (broad SMARTS) is 1. The summed E-state index contributed by atoms with van der Waals surface area (Å²) >= 11 is 0. The van der Waals surface area contributed by atoms with Gasteiger partial charge in [-0.15, -0.1) is 0 Å². The number of carbonyl (C=O) groups is 1. The fourth-order valence-electron chi connectivity index (χ4n) is 4.39. The highest BCUT2D eigenvalue weighted by molar-refractivity contribution is 5.88. The predicted molar refractivity (Wildman–Crippen MR) is 129 cm³/mol.